The van der Waals surface area contributed by atoms with Gasteiger partial charge in [0.05, 0.1) is 0 Å². The zero-order valence-corrected chi connectivity index (χ0v) is 8.46. The molecule has 1 rings (SSSR count). The van der Waals surface area contributed by atoms with Crippen molar-refractivity contribution in [3.05, 3.63) is 29.8 Å². The van der Waals surface area contributed by atoms with Gasteiger partial charge in [-0.2, -0.15) is 0 Å². The highest BCUT2D eigenvalue weighted by atomic mass is 32.1. The summed E-state index contributed by atoms with van der Waals surface area (Å²) < 4.78 is 4.67. The summed E-state index contributed by atoms with van der Waals surface area (Å²) in [5, 5.41) is 0. The third kappa shape index (κ3) is 2.86. The molecule has 0 bridgehead atoms. The van der Waals surface area contributed by atoms with Gasteiger partial charge in [-0.05, 0) is 6.07 Å². The van der Waals surface area contributed by atoms with Crippen LogP contribution in [-0.4, -0.2) is 6.09 Å². The van der Waals surface area contributed by atoms with Crippen molar-refractivity contribution in [1.29, 1.82) is 0 Å². The first-order valence-corrected chi connectivity index (χ1v) is 4.49. The molecule has 0 aliphatic heterocycles. The number of carbonyl (C=O) groups is 1. The number of rotatable bonds is 2. The highest BCUT2D eigenvalue weighted by molar-refractivity contribution is 7.81. The normalized spacial score (nSPS) is 12.2. The van der Waals surface area contributed by atoms with Crippen molar-refractivity contribution in [1.82, 2.24) is 0 Å². The first-order valence-electron chi connectivity index (χ1n) is 3.53. The van der Waals surface area contributed by atoms with Gasteiger partial charge in [0.25, 0.3) is 0 Å². The van der Waals surface area contributed by atoms with Crippen LogP contribution in [-0.2, 0) is 4.74 Å². The number of hydrogen-bond donors (Lipinski definition) is 3. The molecule has 13 heavy (non-hydrogen) atoms. The first kappa shape index (κ1) is 10.3. The van der Waals surface area contributed by atoms with E-state index in [2.05, 4.69) is 30.0 Å². The lowest BCUT2D eigenvalue weighted by molar-refractivity contribution is 0.146. The van der Waals surface area contributed by atoms with Gasteiger partial charge in [-0.1, -0.05) is 18.2 Å². The zero-order valence-electron chi connectivity index (χ0n) is 6.68. The molecule has 1 atom stereocenters. The van der Waals surface area contributed by atoms with E-state index in [1.165, 1.54) is 0 Å². The fraction of sp³-hybridized carbons (Fsp3) is 0.125. The van der Waals surface area contributed by atoms with E-state index in [1.807, 2.05) is 12.1 Å². The molecule has 3 nitrogen and oxygen atoms in total. The molecule has 1 unspecified atom stereocenters. The van der Waals surface area contributed by atoms with Crippen molar-refractivity contribution in [2.45, 2.75) is 10.3 Å². The molecule has 0 saturated heterocycles. The Kier molecular flexibility index (Phi) is 3.50. The van der Waals surface area contributed by atoms with Crippen LogP contribution in [0.1, 0.15) is 11.0 Å². The van der Waals surface area contributed by atoms with Crippen LogP contribution in [0.3, 0.4) is 0 Å². The van der Waals surface area contributed by atoms with Crippen molar-refractivity contribution in [2.24, 2.45) is 5.73 Å². The summed E-state index contributed by atoms with van der Waals surface area (Å²) in [4.78, 5) is 11.1. The van der Waals surface area contributed by atoms with Gasteiger partial charge in [0, 0.05) is 10.5 Å². The molecule has 2 N–H and O–H groups in total. The molecule has 1 amide bonds. The number of ether oxygens (including phenoxy) is 1. The van der Waals surface area contributed by atoms with Crippen LogP contribution in [0.2, 0.25) is 0 Å². The lowest BCUT2D eigenvalue weighted by Gasteiger charge is -2.12. The summed E-state index contributed by atoms with van der Waals surface area (Å²) in [5.74, 6) is 0. The van der Waals surface area contributed by atoms with E-state index in [0.717, 1.165) is 0 Å². The summed E-state index contributed by atoms with van der Waals surface area (Å²) in [6, 6.07) is 7.19. The number of nitrogens with two attached hydrogens (primary N) is 1. The number of carbonyl (C=O) groups excluding carboxylic acids is 1. The van der Waals surface area contributed by atoms with Crippen LogP contribution >= 0.6 is 25.3 Å². The maximum Gasteiger partial charge on any atom is 0.405 e. The smallest absolute Gasteiger partial charge is 0.405 e. The van der Waals surface area contributed by atoms with Gasteiger partial charge < -0.3 is 10.5 Å². The Labute approximate surface area is 87.1 Å². The Hall–Kier alpha value is -0.810. The minimum absolute atomic E-state index is 0.661. The molecule has 5 heteroatoms. The second kappa shape index (κ2) is 4.43. The van der Waals surface area contributed by atoms with Crippen molar-refractivity contribution in [2.75, 3.05) is 0 Å². The van der Waals surface area contributed by atoms with Gasteiger partial charge >= 0.3 is 6.09 Å². The highest BCUT2D eigenvalue weighted by Gasteiger charge is 2.11. The monoisotopic (exact) mass is 215 g/mol. The quantitative estimate of drug-likeness (QED) is 0.522. The second-order valence-corrected chi connectivity index (χ2v) is 3.30. The van der Waals surface area contributed by atoms with Gasteiger partial charge in [0.1, 0.15) is 0 Å². The summed E-state index contributed by atoms with van der Waals surface area (Å²) >= 11 is 8.24. The third-order valence-electron chi connectivity index (χ3n) is 1.43. The summed E-state index contributed by atoms with van der Waals surface area (Å²) in [6.45, 7) is 0. The van der Waals surface area contributed by atoms with Gasteiger partial charge in [-0.15, -0.1) is 25.3 Å². The Morgan fingerprint density at radius 2 is 2.08 bits per heavy atom. The van der Waals surface area contributed by atoms with Gasteiger partial charge in [-0.3, -0.25) is 0 Å². The van der Waals surface area contributed by atoms with E-state index in [9.17, 15) is 4.79 Å². The fourth-order valence-corrected chi connectivity index (χ4v) is 1.58. The molecule has 1 aromatic carbocycles. The zero-order chi connectivity index (χ0) is 9.84. The Bertz CT molecular complexity index is 317. The van der Waals surface area contributed by atoms with E-state index >= 15 is 0 Å². The Morgan fingerprint density at radius 3 is 2.62 bits per heavy atom. The predicted molar refractivity (Wildman–Crippen MR) is 56.1 cm³/mol. The number of amides is 1. The van der Waals surface area contributed by atoms with E-state index in [-0.39, 0.29) is 0 Å². The SMILES string of the molecule is NC(=O)OC(S)c1ccccc1S. The van der Waals surface area contributed by atoms with Gasteiger partial charge in [0.15, 0.2) is 5.44 Å². The minimum atomic E-state index is -0.850. The summed E-state index contributed by atoms with van der Waals surface area (Å²) in [5.41, 5.74) is 4.90. The molecule has 70 valence electrons. The average Bonchev–Trinajstić information content (AvgIpc) is 2.03. The Balaban J connectivity index is 2.82. The molecule has 0 saturated carbocycles. The van der Waals surface area contributed by atoms with Crippen molar-refractivity contribution in [3.8, 4) is 0 Å². The molecular formula is C8H9NO2S2. The average molecular weight is 215 g/mol. The Morgan fingerprint density at radius 1 is 1.46 bits per heavy atom. The van der Waals surface area contributed by atoms with Crippen LogP contribution in [0.5, 0.6) is 0 Å². The maximum atomic E-state index is 10.4. The predicted octanol–water partition coefficient (Wildman–Crippen LogP) is 2.00. The van der Waals surface area contributed by atoms with Crippen LogP contribution in [0.25, 0.3) is 0 Å². The fourth-order valence-electron chi connectivity index (χ4n) is 0.870. The van der Waals surface area contributed by atoms with Crippen molar-refractivity contribution in [3.63, 3.8) is 0 Å². The molecular weight excluding hydrogens is 206 g/mol. The third-order valence-corrected chi connectivity index (χ3v) is 2.22. The molecule has 0 fully saturated rings. The molecule has 0 aliphatic carbocycles. The lowest BCUT2D eigenvalue weighted by atomic mass is 10.2. The van der Waals surface area contributed by atoms with Gasteiger partial charge in [0.2, 0.25) is 0 Å². The first-order chi connectivity index (χ1) is 6.11. The number of hydrogen-bond acceptors (Lipinski definition) is 4. The molecule has 0 aliphatic rings. The minimum Gasteiger partial charge on any atom is -0.431 e. The van der Waals surface area contributed by atoms with E-state index in [4.69, 9.17) is 5.73 Å². The van der Waals surface area contributed by atoms with Crippen molar-refractivity contribution < 1.29 is 9.53 Å². The maximum absolute atomic E-state index is 10.4. The van der Waals surface area contributed by atoms with Crippen LogP contribution < -0.4 is 5.73 Å². The molecule has 0 spiro atoms. The largest absolute Gasteiger partial charge is 0.431 e. The summed E-state index contributed by atoms with van der Waals surface area (Å²) in [6.07, 6.45) is -0.850. The van der Waals surface area contributed by atoms with Crippen molar-refractivity contribution >= 4 is 31.4 Å². The topological polar surface area (TPSA) is 52.3 Å². The second-order valence-electron chi connectivity index (χ2n) is 2.35. The molecule has 1 aromatic rings. The van der Waals surface area contributed by atoms with E-state index < -0.39 is 11.5 Å². The number of thiol groups is 2. The molecule has 0 radical (unpaired) electrons. The van der Waals surface area contributed by atoms with E-state index in [0.29, 0.717) is 10.5 Å². The lowest BCUT2D eigenvalue weighted by Crippen LogP contribution is -2.14. The summed E-state index contributed by atoms with van der Waals surface area (Å²) in [7, 11) is 0. The van der Waals surface area contributed by atoms with E-state index in [1.54, 1.807) is 12.1 Å². The van der Waals surface area contributed by atoms with Crippen LogP contribution in [0.15, 0.2) is 29.2 Å². The molecule has 0 heterocycles. The molecule has 0 aromatic heterocycles. The number of benzene rings is 1. The number of primary amides is 1. The van der Waals surface area contributed by atoms with Gasteiger partial charge in [-0.25, -0.2) is 4.79 Å². The van der Waals surface area contributed by atoms with Crippen LogP contribution in [0.4, 0.5) is 4.79 Å². The standard InChI is InChI=1S/C8H9NO2S2/c9-8(10)11-7(13)5-3-1-2-4-6(5)12/h1-4,7,12-13H,(H2,9,10). The highest BCUT2D eigenvalue weighted by Crippen LogP contribution is 2.26. The van der Waals surface area contributed by atoms with Crippen LogP contribution in [0, 0.1) is 0 Å².